The molecule has 0 radical (unpaired) electrons. The SMILES string of the molecule is CC(C)(C)[C@H](NC(=O)C1(F)CC1)C(=O)N[C@@H](CC1CC1)C(=O)N1C[C@]2(C[C@H]1N)C(=O)Nc1ccccc12. The Kier molecular flexibility index (Phi) is 6.09. The standard InChI is InChI=1S/C27H36FN5O4/c1-25(2,3)20(32-24(37)27(28)10-11-27)21(34)30-18(12-15-8-9-15)22(35)33-14-26(13-19(33)29)16-6-4-5-7-17(16)31-23(26)36/h4-7,15,18-20H,8-14,29H2,1-3H3,(H,30,34)(H,31,36)(H,32,37)/t18-,19-,20+,26-/m0/s1. The lowest BCUT2D eigenvalue weighted by atomic mass is 9.80. The van der Waals surface area contributed by atoms with Gasteiger partial charge in [-0.1, -0.05) is 51.8 Å². The van der Waals surface area contributed by atoms with Gasteiger partial charge in [-0.25, -0.2) is 4.39 Å². The number of benzene rings is 1. The van der Waals surface area contributed by atoms with Crippen molar-refractivity contribution in [3.05, 3.63) is 29.8 Å². The molecular formula is C27H36FN5O4. The van der Waals surface area contributed by atoms with E-state index in [-0.39, 0.29) is 37.6 Å². The molecule has 2 aliphatic carbocycles. The quantitative estimate of drug-likeness (QED) is 0.441. The van der Waals surface area contributed by atoms with E-state index >= 15 is 0 Å². The summed E-state index contributed by atoms with van der Waals surface area (Å²) >= 11 is 0. The Balaban J connectivity index is 1.35. The van der Waals surface area contributed by atoms with Crippen molar-refractivity contribution in [1.29, 1.82) is 0 Å². The van der Waals surface area contributed by atoms with E-state index in [1.54, 1.807) is 20.8 Å². The van der Waals surface area contributed by atoms with Crippen molar-refractivity contribution < 1.29 is 23.6 Å². The Morgan fingerprint density at radius 3 is 2.49 bits per heavy atom. The summed E-state index contributed by atoms with van der Waals surface area (Å²) < 4.78 is 14.4. The van der Waals surface area contributed by atoms with Crippen LogP contribution in [-0.2, 0) is 24.6 Å². The Hall–Kier alpha value is -3.01. The number of hydrogen-bond acceptors (Lipinski definition) is 5. The predicted molar refractivity (Wildman–Crippen MR) is 135 cm³/mol. The van der Waals surface area contributed by atoms with Gasteiger partial charge in [0.05, 0.1) is 11.6 Å². The average Bonchev–Trinajstić information content (AvgIpc) is 3.74. The highest BCUT2D eigenvalue weighted by molar-refractivity contribution is 6.07. The van der Waals surface area contributed by atoms with Gasteiger partial charge in [0.25, 0.3) is 5.91 Å². The molecule has 4 amide bonds. The number of carbonyl (C=O) groups is 4. The van der Waals surface area contributed by atoms with E-state index in [0.29, 0.717) is 12.3 Å². The number of halogens is 1. The van der Waals surface area contributed by atoms with Crippen LogP contribution in [0.5, 0.6) is 0 Å². The smallest absolute Gasteiger partial charge is 0.258 e. The maximum atomic E-state index is 14.4. The molecule has 4 aliphatic rings. The number of hydrogen-bond donors (Lipinski definition) is 4. The molecular weight excluding hydrogens is 477 g/mol. The second-order valence-corrected chi connectivity index (χ2v) is 12.3. The third-order valence-electron chi connectivity index (χ3n) is 8.19. The van der Waals surface area contributed by atoms with Crippen LogP contribution in [0.25, 0.3) is 0 Å². The van der Waals surface area contributed by atoms with Gasteiger partial charge in [-0.05, 0) is 42.2 Å². The van der Waals surface area contributed by atoms with Crippen LogP contribution in [-0.4, -0.2) is 59.0 Å². The molecule has 9 nitrogen and oxygen atoms in total. The molecule has 37 heavy (non-hydrogen) atoms. The van der Waals surface area contributed by atoms with Crippen LogP contribution in [0.2, 0.25) is 0 Å². The largest absolute Gasteiger partial charge is 0.342 e. The predicted octanol–water partition coefficient (Wildman–Crippen LogP) is 1.71. The fraction of sp³-hybridized carbons (Fsp3) is 0.630. The van der Waals surface area contributed by atoms with E-state index in [0.717, 1.165) is 24.1 Å². The number of anilines is 1. The van der Waals surface area contributed by atoms with Crippen LogP contribution in [0.1, 0.15) is 64.9 Å². The van der Waals surface area contributed by atoms with E-state index in [4.69, 9.17) is 5.73 Å². The van der Waals surface area contributed by atoms with Crippen molar-refractivity contribution in [2.24, 2.45) is 17.1 Å². The Morgan fingerprint density at radius 1 is 1.19 bits per heavy atom. The van der Waals surface area contributed by atoms with Gasteiger partial charge < -0.3 is 26.6 Å². The van der Waals surface area contributed by atoms with Gasteiger partial charge in [-0.2, -0.15) is 0 Å². The highest BCUT2D eigenvalue weighted by atomic mass is 19.1. The zero-order valence-electron chi connectivity index (χ0n) is 21.6. The molecule has 200 valence electrons. The van der Waals surface area contributed by atoms with Gasteiger partial charge in [-0.3, -0.25) is 19.2 Å². The molecule has 2 heterocycles. The first kappa shape index (κ1) is 25.6. The van der Waals surface area contributed by atoms with Crippen LogP contribution in [0.4, 0.5) is 10.1 Å². The number of rotatable bonds is 7. The fourth-order valence-corrected chi connectivity index (χ4v) is 5.55. The minimum absolute atomic E-state index is 0.122. The minimum Gasteiger partial charge on any atom is -0.342 e. The lowest BCUT2D eigenvalue weighted by Gasteiger charge is -2.33. The highest BCUT2D eigenvalue weighted by Crippen LogP contribution is 2.46. The number of nitrogens with zero attached hydrogens (tertiary/aromatic N) is 1. The van der Waals surface area contributed by atoms with Crippen molar-refractivity contribution in [1.82, 2.24) is 15.5 Å². The Bertz CT molecular complexity index is 1140. The summed E-state index contributed by atoms with van der Waals surface area (Å²) in [6.45, 7) is 5.46. The normalized spacial score (nSPS) is 27.3. The summed E-state index contributed by atoms with van der Waals surface area (Å²) in [5, 5.41) is 8.34. The van der Waals surface area contributed by atoms with Crippen LogP contribution in [0.15, 0.2) is 24.3 Å². The first-order valence-corrected chi connectivity index (χ1v) is 13.1. The van der Waals surface area contributed by atoms with Crippen LogP contribution >= 0.6 is 0 Å². The topological polar surface area (TPSA) is 134 Å². The molecule has 10 heteroatoms. The number of fused-ring (bicyclic) bond motifs is 2. The van der Waals surface area contributed by atoms with E-state index < -0.39 is 46.6 Å². The van der Waals surface area contributed by atoms with Gasteiger partial charge in [0, 0.05) is 18.7 Å². The molecule has 0 unspecified atom stereocenters. The third-order valence-corrected chi connectivity index (χ3v) is 8.19. The lowest BCUT2D eigenvalue weighted by molar-refractivity contribution is -0.140. The number of para-hydroxylation sites is 1. The number of likely N-dealkylation sites (tertiary alicyclic amines) is 1. The molecule has 1 saturated heterocycles. The van der Waals surface area contributed by atoms with E-state index in [9.17, 15) is 23.6 Å². The second-order valence-electron chi connectivity index (χ2n) is 12.3. The first-order chi connectivity index (χ1) is 17.3. The van der Waals surface area contributed by atoms with Gasteiger partial charge in [0.2, 0.25) is 17.7 Å². The summed E-state index contributed by atoms with van der Waals surface area (Å²) in [6, 6.07) is 5.54. The maximum Gasteiger partial charge on any atom is 0.258 e. The van der Waals surface area contributed by atoms with Crippen molar-refractivity contribution in [2.75, 3.05) is 11.9 Å². The average molecular weight is 514 g/mol. The zero-order valence-corrected chi connectivity index (χ0v) is 21.6. The maximum absolute atomic E-state index is 14.4. The van der Waals surface area contributed by atoms with Crippen molar-refractivity contribution in [2.45, 2.75) is 88.6 Å². The summed E-state index contributed by atoms with van der Waals surface area (Å²) in [7, 11) is 0. The molecule has 0 aromatic heterocycles. The molecule has 1 aromatic carbocycles. The number of carbonyl (C=O) groups excluding carboxylic acids is 4. The van der Waals surface area contributed by atoms with Crippen molar-refractivity contribution in [3.8, 4) is 0 Å². The van der Waals surface area contributed by atoms with Gasteiger partial charge in [-0.15, -0.1) is 0 Å². The zero-order chi connectivity index (χ0) is 26.8. The summed E-state index contributed by atoms with van der Waals surface area (Å²) in [4.78, 5) is 54.2. The van der Waals surface area contributed by atoms with Crippen LogP contribution < -0.4 is 21.7 Å². The molecule has 5 rings (SSSR count). The molecule has 2 saturated carbocycles. The van der Waals surface area contributed by atoms with E-state index in [1.807, 2.05) is 24.3 Å². The highest BCUT2D eigenvalue weighted by Gasteiger charge is 2.56. The number of nitrogens with two attached hydrogens (primary N) is 1. The third kappa shape index (κ3) is 4.71. The van der Waals surface area contributed by atoms with Crippen molar-refractivity contribution in [3.63, 3.8) is 0 Å². The molecule has 1 spiro atoms. The molecule has 1 aromatic rings. The number of alkyl halides is 1. The summed E-state index contributed by atoms with van der Waals surface area (Å²) in [5.41, 5.74) is 4.43. The lowest BCUT2D eigenvalue weighted by Crippen LogP contribution is -2.60. The molecule has 0 bridgehead atoms. The first-order valence-electron chi connectivity index (χ1n) is 13.1. The minimum atomic E-state index is -1.91. The summed E-state index contributed by atoms with van der Waals surface area (Å²) in [6.07, 6.45) is 2.26. The molecule has 4 atom stereocenters. The molecule has 5 N–H and O–H groups in total. The van der Waals surface area contributed by atoms with Gasteiger partial charge in [0.15, 0.2) is 5.67 Å². The monoisotopic (exact) mass is 513 g/mol. The molecule has 3 fully saturated rings. The number of amides is 4. The number of nitrogens with one attached hydrogen (secondary N) is 3. The van der Waals surface area contributed by atoms with Gasteiger partial charge >= 0.3 is 0 Å². The Morgan fingerprint density at radius 2 is 1.86 bits per heavy atom. The second kappa shape index (κ2) is 8.79. The van der Waals surface area contributed by atoms with Gasteiger partial charge in [0.1, 0.15) is 12.1 Å². The summed E-state index contributed by atoms with van der Waals surface area (Å²) in [5.74, 6) is -1.54. The molecule has 2 aliphatic heterocycles. The van der Waals surface area contributed by atoms with E-state index in [2.05, 4.69) is 16.0 Å². The van der Waals surface area contributed by atoms with Crippen LogP contribution in [0, 0.1) is 11.3 Å². The fourth-order valence-electron chi connectivity index (χ4n) is 5.55. The van der Waals surface area contributed by atoms with Crippen molar-refractivity contribution >= 4 is 29.3 Å². The Labute approximate surface area is 216 Å². The van der Waals surface area contributed by atoms with Crippen LogP contribution in [0.3, 0.4) is 0 Å². The van der Waals surface area contributed by atoms with E-state index in [1.165, 1.54) is 4.90 Å².